The zero-order valence-corrected chi connectivity index (χ0v) is 11.7. The minimum absolute atomic E-state index is 0.0391. The average molecular weight is 270 g/mol. The van der Waals surface area contributed by atoms with Crippen LogP contribution in [0, 0.1) is 0 Å². The molecule has 0 saturated heterocycles. The van der Waals surface area contributed by atoms with Crippen molar-refractivity contribution in [2.24, 2.45) is 0 Å². The second-order valence-electron chi connectivity index (χ2n) is 4.17. The summed E-state index contributed by atoms with van der Waals surface area (Å²) < 4.78 is 5.74. The molecule has 100 valence electrons. The highest BCUT2D eigenvalue weighted by atomic mass is 35.5. The van der Waals surface area contributed by atoms with E-state index in [1.54, 1.807) is 0 Å². The fourth-order valence-electron chi connectivity index (χ4n) is 1.54. The molecule has 1 N–H and O–H groups in total. The normalized spacial score (nSPS) is 11.9. The average Bonchev–Trinajstić information content (AvgIpc) is 2.37. The van der Waals surface area contributed by atoms with Gasteiger partial charge in [-0.3, -0.25) is 4.79 Å². The molecule has 1 rings (SSSR count). The minimum Gasteiger partial charge on any atom is -0.489 e. The van der Waals surface area contributed by atoms with Crippen LogP contribution in [0.4, 0.5) is 0 Å². The topological polar surface area (TPSA) is 38.3 Å². The van der Waals surface area contributed by atoms with Gasteiger partial charge in [0.05, 0.1) is 6.54 Å². The highest BCUT2D eigenvalue weighted by molar-refractivity contribution is 6.18. The first-order chi connectivity index (χ1) is 8.65. The SMILES string of the molecule is CCc1cccc(OC(C)CNC(=O)CCCl)c1. The molecule has 3 nitrogen and oxygen atoms in total. The molecule has 0 saturated carbocycles. The predicted octanol–water partition coefficient (Wildman–Crippen LogP) is 2.76. The molecule has 0 aliphatic heterocycles. The lowest BCUT2D eigenvalue weighted by Crippen LogP contribution is -2.33. The van der Waals surface area contributed by atoms with Gasteiger partial charge in [0.2, 0.25) is 5.91 Å². The van der Waals surface area contributed by atoms with Crippen LogP contribution >= 0.6 is 11.6 Å². The Kier molecular flexibility index (Phi) is 6.58. The molecule has 1 atom stereocenters. The van der Waals surface area contributed by atoms with Crippen LogP contribution in [-0.4, -0.2) is 24.4 Å². The Morgan fingerprint density at radius 3 is 2.94 bits per heavy atom. The number of halogens is 1. The van der Waals surface area contributed by atoms with Gasteiger partial charge < -0.3 is 10.1 Å². The van der Waals surface area contributed by atoms with Crippen LogP contribution in [0.25, 0.3) is 0 Å². The third-order valence-corrected chi connectivity index (χ3v) is 2.74. The highest BCUT2D eigenvalue weighted by Gasteiger charge is 2.06. The van der Waals surface area contributed by atoms with Crippen molar-refractivity contribution in [2.45, 2.75) is 32.8 Å². The van der Waals surface area contributed by atoms with Gasteiger partial charge in [0, 0.05) is 12.3 Å². The maximum atomic E-state index is 11.2. The minimum atomic E-state index is -0.0589. The van der Waals surface area contributed by atoms with Gasteiger partial charge >= 0.3 is 0 Å². The Bertz CT molecular complexity index is 382. The van der Waals surface area contributed by atoms with Crippen molar-refractivity contribution < 1.29 is 9.53 Å². The van der Waals surface area contributed by atoms with Crippen LogP contribution in [0.3, 0.4) is 0 Å². The van der Waals surface area contributed by atoms with E-state index in [0.717, 1.165) is 12.2 Å². The van der Waals surface area contributed by atoms with Crippen molar-refractivity contribution in [2.75, 3.05) is 12.4 Å². The summed E-state index contributed by atoms with van der Waals surface area (Å²) in [7, 11) is 0. The molecule has 0 aliphatic rings. The number of hydrogen-bond acceptors (Lipinski definition) is 2. The molecule has 1 amide bonds. The van der Waals surface area contributed by atoms with E-state index in [1.807, 2.05) is 25.1 Å². The van der Waals surface area contributed by atoms with Crippen LogP contribution in [0.15, 0.2) is 24.3 Å². The fraction of sp³-hybridized carbons (Fsp3) is 0.500. The fourth-order valence-corrected chi connectivity index (χ4v) is 1.72. The second kappa shape index (κ2) is 7.98. The third-order valence-electron chi connectivity index (χ3n) is 2.55. The maximum absolute atomic E-state index is 11.2. The van der Waals surface area contributed by atoms with Gasteiger partial charge in [-0.1, -0.05) is 19.1 Å². The van der Waals surface area contributed by atoms with E-state index < -0.39 is 0 Å². The molecule has 1 aromatic rings. The van der Waals surface area contributed by atoms with Crippen molar-refractivity contribution in [3.05, 3.63) is 29.8 Å². The summed E-state index contributed by atoms with van der Waals surface area (Å²) in [5, 5.41) is 2.78. The Morgan fingerprint density at radius 2 is 2.28 bits per heavy atom. The summed E-state index contributed by atoms with van der Waals surface area (Å²) in [4.78, 5) is 11.2. The molecule has 18 heavy (non-hydrogen) atoms. The van der Waals surface area contributed by atoms with E-state index in [1.165, 1.54) is 5.56 Å². The molecule has 4 heteroatoms. The summed E-state index contributed by atoms with van der Waals surface area (Å²) in [6, 6.07) is 8.00. The number of carbonyl (C=O) groups is 1. The first kappa shape index (κ1) is 14.8. The van der Waals surface area contributed by atoms with Gasteiger partial charge in [0.15, 0.2) is 0 Å². The first-order valence-electron chi connectivity index (χ1n) is 6.24. The first-order valence-corrected chi connectivity index (χ1v) is 6.77. The molecule has 0 heterocycles. The summed E-state index contributed by atoms with van der Waals surface area (Å²) >= 11 is 5.48. The van der Waals surface area contributed by atoms with Crippen LogP contribution in [0.1, 0.15) is 25.8 Å². The number of benzene rings is 1. The van der Waals surface area contributed by atoms with Crippen molar-refractivity contribution in [3.8, 4) is 5.75 Å². The van der Waals surface area contributed by atoms with Crippen LogP contribution < -0.4 is 10.1 Å². The number of nitrogens with one attached hydrogen (secondary N) is 1. The Hall–Kier alpha value is -1.22. The van der Waals surface area contributed by atoms with Gasteiger partial charge in [-0.2, -0.15) is 0 Å². The van der Waals surface area contributed by atoms with E-state index in [0.29, 0.717) is 18.8 Å². The van der Waals surface area contributed by atoms with Crippen molar-refractivity contribution in [1.82, 2.24) is 5.32 Å². The highest BCUT2D eigenvalue weighted by Crippen LogP contribution is 2.15. The largest absolute Gasteiger partial charge is 0.489 e. The monoisotopic (exact) mass is 269 g/mol. The molecular weight excluding hydrogens is 250 g/mol. The number of amides is 1. The summed E-state index contributed by atoms with van der Waals surface area (Å²) in [5.41, 5.74) is 1.24. The van der Waals surface area contributed by atoms with Gasteiger partial charge in [0.1, 0.15) is 11.9 Å². The van der Waals surface area contributed by atoms with Gasteiger partial charge in [-0.15, -0.1) is 11.6 Å². The number of rotatable bonds is 7. The summed E-state index contributed by atoms with van der Waals surface area (Å²) in [6.07, 6.45) is 1.27. The van der Waals surface area contributed by atoms with E-state index in [9.17, 15) is 4.79 Å². The quantitative estimate of drug-likeness (QED) is 0.773. The summed E-state index contributed by atoms with van der Waals surface area (Å²) in [5.74, 6) is 1.15. The van der Waals surface area contributed by atoms with Gasteiger partial charge in [-0.05, 0) is 31.0 Å². The van der Waals surface area contributed by atoms with E-state index in [4.69, 9.17) is 16.3 Å². The number of alkyl halides is 1. The molecule has 0 fully saturated rings. The third kappa shape index (κ3) is 5.41. The number of carbonyl (C=O) groups excluding carboxylic acids is 1. The van der Waals surface area contributed by atoms with E-state index in [2.05, 4.69) is 18.3 Å². The predicted molar refractivity (Wildman–Crippen MR) is 74.3 cm³/mol. The van der Waals surface area contributed by atoms with Crippen molar-refractivity contribution >= 4 is 17.5 Å². The van der Waals surface area contributed by atoms with Crippen molar-refractivity contribution in [1.29, 1.82) is 0 Å². The van der Waals surface area contributed by atoms with Crippen molar-refractivity contribution in [3.63, 3.8) is 0 Å². The lowest BCUT2D eigenvalue weighted by molar-refractivity contribution is -0.121. The van der Waals surface area contributed by atoms with Crippen LogP contribution in [0.2, 0.25) is 0 Å². The Balaban J connectivity index is 2.39. The van der Waals surface area contributed by atoms with Gasteiger partial charge in [0.25, 0.3) is 0 Å². The lowest BCUT2D eigenvalue weighted by atomic mass is 10.2. The summed E-state index contributed by atoms with van der Waals surface area (Å²) in [6.45, 7) is 4.53. The number of aryl methyl sites for hydroxylation is 1. The van der Waals surface area contributed by atoms with E-state index >= 15 is 0 Å². The Labute approximate surface area is 113 Å². The smallest absolute Gasteiger partial charge is 0.221 e. The second-order valence-corrected chi connectivity index (χ2v) is 4.55. The zero-order valence-electron chi connectivity index (χ0n) is 10.9. The van der Waals surface area contributed by atoms with Crippen LogP contribution in [0.5, 0.6) is 5.75 Å². The molecule has 0 bridgehead atoms. The zero-order chi connectivity index (χ0) is 13.4. The molecular formula is C14H20ClNO2. The standard InChI is InChI=1S/C14H20ClNO2/c1-3-12-5-4-6-13(9-12)18-11(2)10-16-14(17)7-8-15/h4-6,9,11H,3,7-8,10H2,1-2H3,(H,16,17). The van der Waals surface area contributed by atoms with Crippen LogP contribution in [-0.2, 0) is 11.2 Å². The molecule has 0 spiro atoms. The molecule has 0 aliphatic carbocycles. The maximum Gasteiger partial charge on any atom is 0.221 e. The van der Waals surface area contributed by atoms with Gasteiger partial charge in [-0.25, -0.2) is 0 Å². The number of ether oxygens (including phenoxy) is 1. The Morgan fingerprint density at radius 1 is 1.50 bits per heavy atom. The molecule has 1 unspecified atom stereocenters. The molecule has 1 aromatic carbocycles. The molecule has 0 aromatic heterocycles. The molecule has 0 radical (unpaired) electrons. The van der Waals surface area contributed by atoms with E-state index in [-0.39, 0.29) is 12.0 Å². The number of hydrogen-bond donors (Lipinski definition) is 1. The lowest BCUT2D eigenvalue weighted by Gasteiger charge is -2.15.